The predicted molar refractivity (Wildman–Crippen MR) is 113 cm³/mol. The maximum atomic E-state index is 13.0. The van der Waals surface area contributed by atoms with E-state index in [1.165, 1.54) is 0 Å². The van der Waals surface area contributed by atoms with Gasteiger partial charge in [-0.3, -0.25) is 9.59 Å². The van der Waals surface area contributed by atoms with Crippen LogP contribution in [0, 0.1) is 6.92 Å². The third kappa shape index (κ3) is 4.06. The maximum Gasteiger partial charge on any atom is 0.259 e. The first-order valence-corrected chi connectivity index (χ1v) is 10.3. The van der Waals surface area contributed by atoms with Crippen molar-refractivity contribution < 1.29 is 14.1 Å². The molecule has 30 heavy (non-hydrogen) atoms. The fraction of sp³-hybridized carbons (Fsp3) is 0.391. The minimum absolute atomic E-state index is 0.163. The molecule has 1 saturated heterocycles. The number of nitrogens with one attached hydrogen (secondary N) is 1. The fourth-order valence-electron chi connectivity index (χ4n) is 3.80. The fourth-order valence-corrected chi connectivity index (χ4v) is 3.80. The van der Waals surface area contributed by atoms with Gasteiger partial charge in [-0.1, -0.05) is 43.3 Å². The highest BCUT2D eigenvalue weighted by Crippen LogP contribution is 2.25. The van der Waals surface area contributed by atoms with Crippen molar-refractivity contribution in [3.63, 3.8) is 0 Å². The van der Waals surface area contributed by atoms with Crippen LogP contribution >= 0.6 is 0 Å². The SMILES string of the molecule is Cc1noc2nc(C(C)C)cc(C(=O)NCc3cccc(CN4CCCC4=O)c3)c12. The number of carbonyl (C=O) groups is 2. The number of fused-ring (bicyclic) bond motifs is 1. The van der Waals surface area contributed by atoms with Gasteiger partial charge in [0.15, 0.2) is 0 Å². The number of aryl methyl sites for hydroxylation is 1. The van der Waals surface area contributed by atoms with Crippen molar-refractivity contribution in [1.82, 2.24) is 20.4 Å². The molecule has 3 heterocycles. The van der Waals surface area contributed by atoms with Gasteiger partial charge in [-0.25, -0.2) is 4.98 Å². The van der Waals surface area contributed by atoms with Crippen molar-refractivity contribution in [2.75, 3.05) is 6.54 Å². The van der Waals surface area contributed by atoms with Crippen molar-refractivity contribution in [3.8, 4) is 0 Å². The molecular formula is C23H26N4O3. The van der Waals surface area contributed by atoms with Gasteiger partial charge in [0.05, 0.1) is 16.6 Å². The van der Waals surface area contributed by atoms with Crippen molar-refractivity contribution >= 4 is 22.9 Å². The van der Waals surface area contributed by atoms with Crippen molar-refractivity contribution in [2.45, 2.75) is 52.6 Å². The zero-order valence-electron chi connectivity index (χ0n) is 17.6. The van der Waals surface area contributed by atoms with E-state index >= 15 is 0 Å². The monoisotopic (exact) mass is 406 g/mol. The van der Waals surface area contributed by atoms with Crippen molar-refractivity contribution in [1.29, 1.82) is 0 Å². The molecule has 1 fully saturated rings. The number of aromatic nitrogens is 2. The third-order valence-corrected chi connectivity index (χ3v) is 5.46. The number of hydrogen-bond donors (Lipinski definition) is 1. The van der Waals surface area contributed by atoms with Crippen LogP contribution in [0.1, 0.15) is 65.5 Å². The van der Waals surface area contributed by atoms with E-state index in [9.17, 15) is 9.59 Å². The van der Waals surface area contributed by atoms with Crippen molar-refractivity contribution in [3.05, 3.63) is 58.4 Å². The molecule has 0 atom stereocenters. The number of benzene rings is 1. The molecule has 4 rings (SSSR count). The zero-order valence-corrected chi connectivity index (χ0v) is 17.6. The Morgan fingerprint density at radius 2 is 2.07 bits per heavy atom. The Labute approximate surface area is 175 Å². The molecule has 2 aromatic heterocycles. The van der Waals surface area contributed by atoms with Gasteiger partial charge in [-0.2, -0.15) is 0 Å². The Hall–Kier alpha value is -3.22. The van der Waals surface area contributed by atoms with Gasteiger partial charge in [-0.15, -0.1) is 0 Å². The van der Waals surface area contributed by atoms with Gasteiger partial charge in [0.2, 0.25) is 5.91 Å². The molecule has 7 nitrogen and oxygen atoms in total. The van der Waals surface area contributed by atoms with Crippen molar-refractivity contribution in [2.24, 2.45) is 0 Å². The summed E-state index contributed by atoms with van der Waals surface area (Å²) in [5.74, 6) is 0.188. The van der Waals surface area contributed by atoms with Gasteiger partial charge in [0.1, 0.15) is 0 Å². The number of carbonyl (C=O) groups excluding carboxylic acids is 2. The second-order valence-corrected chi connectivity index (χ2v) is 8.12. The van der Waals surface area contributed by atoms with Crippen LogP contribution in [0.2, 0.25) is 0 Å². The Morgan fingerprint density at radius 3 is 2.80 bits per heavy atom. The largest absolute Gasteiger partial charge is 0.348 e. The van der Waals surface area contributed by atoms with E-state index in [4.69, 9.17) is 4.52 Å². The molecule has 0 unspecified atom stereocenters. The van der Waals surface area contributed by atoms with E-state index in [1.54, 1.807) is 0 Å². The normalized spacial score (nSPS) is 14.1. The molecule has 1 aliphatic rings. The molecule has 0 saturated carbocycles. The number of likely N-dealkylation sites (tertiary alicyclic amines) is 1. The predicted octanol–water partition coefficient (Wildman–Crippen LogP) is 3.71. The Bertz CT molecular complexity index is 1100. The molecule has 0 aliphatic carbocycles. The summed E-state index contributed by atoms with van der Waals surface area (Å²) in [6.07, 6.45) is 1.56. The summed E-state index contributed by atoms with van der Waals surface area (Å²) < 4.78 is 5.31. The summed E-state index contributed by atoms with van der Waals surface area (Å²) >= 11 is 0. The van der Waals surface area contributed by atoms with Crippen LogP contribution in [-0.4, -0.2) is 33.4 Å². The smallest absolute Gasteiger partial charge is 0.259 e. The topological polar surface area (TPSA) is 88.3 Å². The standard InChI is InChI=1S/C23H26N4O3/c1-14(2)19-11-18(21-15(3)26-30-23(21)25-19)22(29)24-12-16-6-4-7-17(10-16)13-27-9-5-8-20(27)28/h4,6-7,10-11,14H,5,8-9,12-13H2,1-3H3,(H,24,29). The van der Waals surface area contributed by atoms with Gasteiger partial charge >= 0.3 is 0 Å². The lowest BCUT2D eigenvalue weighted by atomic mass is 10.0. The zero-order chi connectivity index (χ0) is 21.3. The Morgan fingerprint density at radius 1 is 1.27 bits per heavy atom. The molecule has 0 radical (unpaired) electrons. The summed E-state index contributed by atoms with van der Waals surface area (Å²) in [5.41, 5.74) is 4.42. The summed E-state index contributed by atoms with van der Waals surface area (Å²) in [5, 5.41) is 7.63. The van der Waals surface area contributed by atoms with Crippen LogP contribution in [-0.2, 0) is 17.9 Å². The summed E-state index contributed by atoms with van der Waals surface area (Å²) in [6, 6.07) is 9.81. The van der Waals surface area contributed by atoms with Gasteiger partial charge in [0.25, 0.3) is 11.6 Å². The van der Waals surface area contributed by atoms with E-state index in [0.717, 1.165) is 29.8 Å². The summed E-state index contributed by atoms with van der Waals surface area (Å²) in [6.45, 7) is 7.68. The van der Waals surface area contributed by atoms with Crippen LogP contribution in [0.3, 0.4) is 0 Å². The molecule has 2 amide bonds. The molecule has 1 N–H and O–H groups in total. The number of hydrogen-bond acceptors (Lipinski definition) is 5. The molecule has 1 aliphatic heterocycles. The number of rotatable bonds is 6. The highest BCUT2D eigenvalue weighted by Gasteiger charge is 2.21. The molecule has 3 aromatic rings. The van der Waals surface area contributed by atoms with E-state index < -0.39 is 0 Å². The minimum atomic E-state index is -0.185. The molecular weight excluding hydrogens is 380 g/mol. The lowest BCUT2D eigenvalue weighted by molar-refractivity contribution is -0.128. The quantitative estimate of drug-likeness (QED) is 0.674. The highest BCUT2D eigenvalue weighted by molar-refractivity contribution is 6.06. The number of amides is 2. The number of pyridine rings is 1. The van der Waals surface area contributed by atoms with Crippen LogP contribution < -0.4 is 5.32 Å². The third-order valence-electron chi connectivity index (χ3n) is 5.46. The summed E-state index contributed by atoms with van der Waals surface area (Å²) in [7, 11) is 0. The second-order valence-electron chi connectivity index (χ2n) is 8.12. The van der Waals surface area contributed by atoms with E-state index in [-0.39, 0.29) is 17.7 Å². The first-order valence-electron chi connectivity index (χ1n) is 10.3. The Kier molecular flexibility index (Phi) is 5.53. The van der Waals surface area contributed by atoms with Gasteiger partial charge in [0, 0.05) is 31.7 Å². The molecule has 0 spiro atoms. The average molecular weight is 406 g/mol. The van der Waals surface area contributed by atoms with Crippen LogP contribution in [0.15, 0.2) is 34.9 Å². The second kappa shape index (κ2) is 8.26. The molecule has 156 valence electrons. The van der Waals surface area contributed by atoms with Crippen LogP contribution in [0.25, 0.3) is 11.1 Å². The van der Waals surface area contributed by atoms with E-state index in [1.807, 2.05) is 56.0 Å². The van der Waals surface area contributed by atoms with Crippen LogP contribution in [0.4, 0.5) is 0 Å². The van der Waals surface area contributed by atoms with E-state index in [2.05, 4.69) is 15.5 Å². The maximum absolute atomic E-state index is 13.0. The molecule has 0 bridgehead atoms. The van der Waals surface area contributed by atoms with Crippen LogP contribution in [0.5, 0.6) is 0 Å². The molecule has 7 heteroatoms. The Balaban J connectivity index is 1.51. The number of nitrogens with zero attached hydrogens (tertiary/aromatic N) is 3. The first-order chi connectivity index (χ1) is 14.4. The lowest BCUT2D eigenvalue weighted by Gasteiger charge is -2.16. The first kappa shape index (κ1) is 20.1. The minimum Gasteiger partial charge on any atom is -0.348 e. The summed E-state index contributed by atoms with van der Waals surface area (Å²) in [4.78, 5) is 31.2. The highest BCUT2D eigenvalue weighted by atomic mass is 16.5. The average Bonchev–Trinajstić information content (AvgIpc) is 3.31. The lowest BCUT2D eigenvalue weighted by Crippen LogP contribution is -2.25. The van der Waals surface area contributed by atoms with E-state index in [0.29, 0.717) is 41.9 Å². The van der Waals surface area contributed by atoms with Gasteiger partial charge in [-0.05, 0) is 36.5 Å². The molecule has 1 aromatic carbocycles. The van der Waals surface area contributed by atoms with Gasteiger partial charge < -0.3 is 14.7 Å².